The number of carboxylic acid groups (broad SMARTS) is 1. The molecule has 0 aliphatic heterocycles. The molecule has 1 amide bonds. The molecule has 0 bridgehead atoms. The largest absolute Gasteiger partial charge is 0.478 e. The number of anilines is 1. The van der Waals surface area contributed by atoms with E-state index in [1.54, 1.807) is 0 Å². The van der Waals surface area contributed by atoms with Gasteiger partial charge in [0.2, 0.25) is 5.91 Å². The SMILES string of the molecule is CC(C)CC(CN)CC(=O)Nc1ccc(F)c(C(=O)O)c1. The Kier molecular flexibility index (Phi) is 6.30. The molecule has 4 N–H and O–H groups in total. The van der Waals surface area contributed by atoms with Gasteiger partial charge >= 0.3 is 5.97 Å². The number of hydrogen-bond donors (Lipinski definition) is 3. The maximum Gasteiger partial charge on any atom is 0.338 e. The number of nitrogens with two attached hydrogens (primary N) is 1. The van der Waals surface area contributed by atoms with Crippen LogP contribution in [0.5, 0.6) is 0 Å². The van der Waals surface area contributed by atoms with Gasteiger partial charge in [0.25, 0.3) is 0 Å². The summed E-state index contributed by atoms with van der Waals surface area (Å²) in [4.78, 5) is 22.8. The van der Waals surface area contributed by atoms with E-state index in [-0.39, 0.29) is 23.9 Å². The highest BCUT2D eigenvalue weighted by Gasteiger charge is 2.16. The van der Waals surface area contributed by atoms with Gasteiger partial charge in [-0.25, -0.2) is 9.18 Å². The smallest absolute Gasteiger partial charge is 0.338 e. The van der Waals surface area contributed by atoms with Crippen LogP contribution < -0.4 is 11.1 Å². The lowest BCUT2D eigenvalue weighted by atomic mass is 9.94. The van der Waals surface area contributed by atoms with Crippen molar-refractivity contribution in [2.45, 2.75) is 26.7 Å². The first-order chi connectivity index (χ1) is 9.83. The van der Waals surface area contributed by atoms with Gasteiger partial charge in [0.05, 0.1) is 5.56 Å². The third kappa shape index (κ3) is 5.51. The van der Waals surface area contributed by atoms with Gasteiger partial charge in [-0.3, -0.25) is 4.79 Å². The Morgan fingerprint density at radius 2 is 2.05 bits per heavy atom. The first-order valence-corrected chi connectivity index (χ1v) is 6.86. The van der Waals surface area contributed by atoms with E-state index in [4.69, 9.17) is 10.8 Å². The molecule has 5 nitrogen and oxygen atoms in total. The maximum absolute atomic E-state index is 13.3. The topological polar surface area (TPSA) is 92.4 Å². The highest BCUT2D eigenvalue weighted by atomic mass is 19.1. The molecule has 0 heterocycles. The number of rotatable bonds is 7. The normalized spacial score (nSPS) is 12.2. The van der Waals surface area contributed by atoms with Crippen molar-refractivity contribution in [3.05, 3.63) is 29.6 Å². The Balaban J connectivity index is 2.70. The minimum Gasteiger partial charge on any atom is -0.478 e. The van der Waals surface area contributed by atoms with Gasteiger partial charge in [0.1, 0.15) is 5.82 Å². The van der Waals surface area contributed by atoms with Crippen molar-refractivity contribution < 1.29 is 19.1 Å². The number of aromatic carboxylic acids is 1. The molecular formula is C15H21FN2O3. The molecule has 116 valence electrons. The van der Waals surface area contributed by atoms with Crippen molar-refractivity contribution in [1.82, 2.24) is 0 Å². The molecule has 1 aromatic carbocycles. The summed E-state index contributed by atoms with van der Waals surface area (Å²) < 4.78 is 13.3. The molecule has 0 saturated carbocycles. The van der Waals surface area contributed by atoms with E-state index in [0.29, 0.717) is 12.5 Å². The first kappa shape index (κ1) is 17.1. The molecule has 1 rings (SSSR count). The van der Waals surface area contributed by atoms with Crippen LogP contribution in [-0.4, -0.2) is 23.5 Å². The molecular weight excluding hydrogens is 275 g/mol. The number of amides is 1. The van der Waals surface area contributed by atoms with Gasteiger partial charge in [0.15, 0.2) is 0 Å². The van der Waals surface area contributed by atoms with Crippen LogP contribution >= 0.6 is 0 Å². The summed E-state index contributed by atoms with van der Waals surface area (Å²) in [7, 11) is 0. The quantitative estimate of drug-likeness (QED) is 0.720. The average Bonchev–Trinajstić information content (AvgIpc) is 2.39. The predicted octanol–water partition coefficient (Wildman–Crippen LogP) is 2.47. The molecule has 0 fully saturated rings. The van der Waals surface area contributed by atoms with Crippen LogP contribution in [-0.2, 0) is 4.79 Å². The number of carbonyl (C=O) groups excluding carboxylic acids is 1. The number of benzene rings is 1. The standard InChI is InChI=1S/C15H21FN2O3/c1-9(2)5-10(8-17)6-14(19)18-11-3-4-13(16)12(7-11)15(20)21/h3-4,7,9-10H,5-6,8,17H2,1-2H3,(H,18,19)(H,20,21). The lowest BCUT2D eigenvalue weighted by Gasteiger charge is -2.16. The summed E-state index contributed by atoms with van der Waals surface area (Å²) >= 11 is 0. The molecule has 6 heteroatoms. The van der Waals surface area contributed by atoms with Crippen LogP contribution in [0.3, 0.4) is 0 Å². The van der Waals surface area contributed by atoms with E-state index in [1.807, 2.05) is 0 Å². The molecule has 21 heavy (non-hydrogen) atoms. The lowest BCUT2D eigenvalue weighted by molar-refractivity contribution is -0.117. The maximum atomic E-state index is 13.3. The zero-order valence-corrected chi connectivity index (χ0v) is 12.2. The Morgan fingerprint density at radius 1 is 1.38 bits per heavy atom. The summed E-state index contributed by atoms with van der Waals surface area (Å²) in [5.41, 5.74) is 5.43. The Morgan fingerprint density at radius 3 is 2.57 bits per heavy atom. The first-order valence-electron chi connectivity index (χ1n) is 6.86. The highest BCUT2D eigenvalue weighted by molar-refractivity contribution is 5.94. The average molecular weight is 296 g/mol. The highest BCUT2D eigenvalue weighted by Crippen LogP contribution is 2.18. The second kappa shape index (κ2) is 7.73. The molecule has 1 atom stereocenters. The summed E-state index contributed by atoms with van der Waals surface area (Å²) in [6.07, 6.45) is 1.10. The molecule has 0 saturated heterocycles. The Labute approximate surface area is 123 Å². The lowest BCUT2D eigenvalue weighted by Crippen LogP contribution is -2.23. The van der Waals surface area contributed by atoms with Gasteiger partial charge in [-0.15, -0.1) is 0 Å². The van der Waals surface area contributed by atoms with Gasteiger partial charge < -0.3 is 16.2 Å². The van der Waals surface area contributed by atoms with E-state index >= 15 is 0 Å². The van der Waals surface area contributed by atoms with Crippen molar-refractivity contribution in [2.75, 3.05) is 11.9 Å². The van der Waals surface area contributed by atoms with Crippen LogP contribution in [0.25, 0.3) is 0 Å². The summed E-state index contributed by atoms with van der Waals surface area (Å²) in [6, 6.07) is 3.46. The Hall–Kier alpha value is -1.95. The number of carbonyl (C=O) groups is 2. The van der Waals surface area contributed by atoms with Gasteiger partial charge in [-0.05, 0) is 43.0 Å². The van der Waals surface area contributed by atoms with E-state index < -0.39 is 17.3 Å². The summed E-state index contributed by atoms with van der Waals surface area (Å²) in [5, 5.41) is 11.4. The van der Waals surface area contributed by atoms with Crippen LogP contribution in [0.4, 0.5) is 10.1 Å². The second-order valence-corrected chi connectivity index (χ2v) is 5.48. The third-order valence-electron chi connectivity index (χ3n) is 3.09. The number of halogens is 1. The van der Waals surface area contributed by atoms with E-state index in [9.17, 15) is 14.0 Å². The van der Waals surface area contributed by atoms with Crippen molar-refractivity contribution in [2.24, 2.45) is 17.6 Å². The van der Waals surface area contributed by atoms with Crippen LogP contribution in [0, 0.1) is 17.7 Å². The summed E-state index contributed by atoms with van der Waals surface area (Å²) in [5.74, 6) is -1.95. The van der Waals surface area contributed by atoms with Crippen molar-refractivity contribution in [3.63, 3.8) is 0 Å². The fraction of sp³-hybridized carbons (Fsp3) is 0.467. The van der Waals surface area contributed by atoms with Crippen molar-refractivity contribution in [3.8, 4) is 0 Å². The van der Waals surface area contributed by atoms with Crippen LogP contribution in [0.1, 0.15) is 37.0 Å². The molecule has 1 unspecified atom stereocenters. The van der Waals surface area contributed by atoms with Crippen LogP contribution in [0.15, 0.2) is 18.2 Å². The van der Waals surface area contributed by atoms with Gasteiger partial charge in [-0.1, -0.05) is 13.8 Å². The fourth-order valence-electron chi connectivity index (χ4n) is 2.17. The summed E-state index contributed by atoms with van der Waals surface area (Å²) in [6.45, 7) is 4.52. The Bertz CT molecular complexity index is 518. The minimum atomic E-state index is -1.37. The van der Waals surface area contributed by atoms with E-state index in [1.165, 1.54) is 6.07 Å². The van der Waals surface area contributed by atoms with Gasteiger partial charge in [-0.2, -0.15) is 0 Å². The minimum absolute atomic E-state index is 0.0735. The molecule has 0 radical (unpaired) electrons. The molecule has 1 aromatic rings. The number of nitrogens with one attached hydrogen (secondary N) is 1. The molecule has 0 aromatic heterocycles. The van der Waals surface area contributed by atoms with E-state index in [0.717, 1.165) is 18.6 Å². The monoisotopic (exact) mass is 296 g/mol. The van der Waals surface area contributed by atoms with Crippen molar-refractivity contribution in [1.29, 1.82) is 0 Å². The second-order valence-electron chi connectivity index (χ2n) is 5.48. The number of carboxylic acids is 1. The fourth-order valence-corrected chi connectivity index (χ4v) is 2.17. The third-order valence-corrected chi connectivity index (χ3v) is 3.09. The van der Waals surface area contributed by atoms with Gasteiger partial charge in [0, 0.05) is 12.1 Å². The van der Waals surface area contributed by atoms with Crippen molar-refractivity contribution >= 4 is 17.6 Å². The predicted molar refractivity (Wildman–Crippen MR) is 78.6 cm³/mol. The molecule has 0 aliphatic rings. The van der Waals surface area contributed by atoms with Crippen LogP contribution in [0.2, 0.25) is 0 Å². The molecule has 0 aliphatic carbocycles. The zero-order valence-electron chi connectivity index (χ0n) is 12.2. The number of hydrogen-bond acceptors (Lipinski definition) is 3. The molecule has 0 spiro atoms. The zero-order chi connectivity index (χ0) is 16.0. The van der Waals surface area contributed by atoms with E-state index in [2.05, 4.69) is 19.2 Å².